The van der Waals surface area contributed by atoms with Crippen molar-refractivity contribution in [3.63, 3.8) is 0 Å². The Morgan fingerprint density at radius 3 is 2.50 bits per heavy atom. The predicted octanol–water partition coefficient (Wildman–Crippen LogP) is 4.06. The maximum atomic E-state index is 13.8. The van der Waals surface area contributed by atoms with Gasteiger partial charge in [-0.2, -0.15) is 0 Å². The lowest BCUT2D eigenvalue weighted by Crippen LogP contribution is -2.50. The van der Waals surface area contributed by atoms with E-state index in [1.165, 1.54) is 50.3 Å². The van der Waals surface area contributed by atoms with E-state index in [0.29, 0.717) is 6.54 Å². The Hall–Kier alpha value is -1.91. The lowest BCUT2D eigenvalue weighted by Gasteiger charge is -2.23. The maximum Gasteiger partial charge on any atom is 0.254 e. The molecule has 1 aromatic rings. The SMILES string of the molecule is CC(C)C(NC(=O)c1ccccc1F)C(=O)NCCCC1CCCCC1. The summed E-state index contributed by atoms with van der Waals surface area (Å²) in [4.78, 5) is 24.8. The first-order valence-corrected chi connectivity index (χ1v) is 9.82. The molecular formula is C21H31FN2O2. The van der Waals surface area contributed by atoms with Crippen LogP contribution in [0.3, 0.4) is 0 Å². The van der Waals surface area contributed by atoms with Crippen molar-refractivity contribution in [2.24, 2.45) is 11.8 Å². The average Bonchev–Trinajstić information content (AvgIpc) is 2.64. The molecule has 1 atom stereocenters. The number of halogens is 1. The van der Waals surface area contributed by atoms with Crippen molar-refractivity contribution in [1.29, 1.82) is 0 Å². The summed E-state index contributed by atoms with van der Waals surface area (Å²) in [5.41, 5.74) is -0.0387. The monoisotopic (exact) mass is 362 g/mol. The van der Waals surface area contributed by atoms with E-state index in [2.05, 4.69) is 10.6 Å². The Morgan fingerprint density at radius 2 is 1.85 bits per heavy atom. The molecule has 1 saturated carbocycles. The third-order valence-corrected chi connectivity index (χ3v) is 5.17. The van der Waals surface area contributed by atoms with Gasteiger partial charge in [-0.25, -0.2) is 4.39 Å². The normalized spacial score (nSPS) is 16.3. The smallest absolute Gasteiger partial charge is 0.254 e. The predicted molar refractivity (Wildman–Crippen MR) is 101 cm³/mol. The van der Waals surface area contributed by atoms with Gasteiger partial charge in [-0.3, -0.25) is 9.59 Å². The van der Waals surface area contributed by atoms with Gasteiger partial charge >= 0.3 is 0 Å². The minimum atomic E-state index is -0.670. The number of amides is 2. The fraction of sp³-hybridized carbons (Fsp3) is 0.619. The summed E-state index contributed by atoms with van der Waals surface area (Å²) in [6.45, 7) is 4.36. The fourth-order valence-electron chi connectivity index (χ4n) is 3.59. The average molecular weight is 362 g/mol. The lowest BCUT2D eigenvalue weighted by molar-refractivity contribution is -0.123. The standard InChI is InChI=1S/C21H31FN2O2/c1-15(2)19(24-20(25)17-12-6-7-13-18(17)22)21(26)23-14-8-11-16-9-4-3-5-10-16/h6-7,12-13,15-16,19H,3-5,8-11,14H2,1-2H3,(H,23,26)(H,24,25). The van der Waals surface area contributed by atoms with Gasteiger partial charge in [-0.15, -0.1) is 0 Å². The molecule has 0 heterocycles. The topological polar surface area (TPSA) is 58.2 Å². The third kappa shape index (κ3) is 6.11. The number of benzene rings is 1. The fourth-order valence-corrected chi connectivity index (χ4v) is 3.59. The third-order valence-electron chi connectivity index (χ3n) is 5.17. The van der Waals surface area contributed by atoms with E-state index >= 15 is 0 Å². The van der Waals surface area contributed by atoms with Gasteiger partial charge in [-0.05, 0) is 36.8 Å². The number of carbonyl (C=O) groups excluding carboxylic acids is 2. The molecule has 1 aliphatic rings. The number of carbonyl (C=O) groups is 2. The Bertz CT molecular complexity index is 597. The molecule has 2 N–H and O–H groups in total. The summed E-state index contributed by atoms with van der Waals surface area (Å²) in [5, 5.41) is 5.60. The molecular weight excluding hydrogens is 331 g/mol. The molecule has 5 heteroatoms. The molecule has 144 valence electrons. The van der Waals surface area contributed by atoms with Gasteiger partial charge in [0.25, 0.3) is 5.91 Å². The van der Waals surface area contributed by atoms with Crippen LogP contribution in [0.4, 0.5) is 4.39 Å². The van der Waals surface area contributed by atoms with Gasteiger partial charge in [0, 0.05) is 6.54 Å². The summed E-state index contributed by atoms with van der Waals surface area (Å²) in [6.07, 6.45) is 8.73. The highest BCUT2D eigenvalue weighted by Crippen LogP contribution is 2.26. The summed E-state index contributed by atoms with van der Waals surface area (Å²) >= 11 is 0. The quantitative estimate of drug-likeness (QED) is 0.685. The van der Waals surface area contributed by atoms with Gasteiger partial charge in [0.15, 0.2) is 0 Å². The van der Waals surface area contributed by atoms with Gasteiger partial charge < -0.3 is 10.6 Å². The van der Waals surface area contributed by atoms with Gasteiger partial charge in [0.1, 0.15) is 11.9 Å². The number of nitrogens with one attached hydrogen (secondary N) is 2. The van der Waals surface area contributed by atoms with Crippen LogP contribution in [0.25, 0.3) is 0 Å². The van der Waals surface area contributed by atoms with Crippen molar-refractivity contribution in [3.05, 3.63) is 35.6 Å². The molecule has 1 unspecified atom stereocenters. The second-order valence-corrected chi connectivity index (χ2v) is 7.61. The summed E-state index contributed by atoms with van der Waals surface area (Å²) in [5.74, 6) is -0.626. The van der Waals surface area contributed by atoms with E-state index in [1.807, 2.05) is 13.8 Å². The largest absolute Gasteiger partial charge is 0.354 e. The van der Waals surface area contributed by atoms with Crippen LogP contribution in [0.2, 0.25) is 0 Å². The van der Waals surface area contributed by atoms with Crippen LogP contribution in [0.5, 0.6) is 0 Å². The molecule has 26 heavy (non-hydrogen) atoms. The second kappa shape index (κ2) is 10.3. The van der Waals surface area contributed by atoms with Crippen LogP contribution in [0.15, 0.2) is 24.3 Å². The molecule has 1 fully saturated rings. The lowest BCUT2D eigenvalue weighted by atomic mass is 9.86. The Morgan fingerprint density at radius 1 is 1.15 bits per heavy atom. The Balaban J connectivity index is 1.81. The zero-order chi connectivity index (χ0) is 18.9. The minimum Gasteiger partial charge on any atom is -0.354 e. The highest BCUT2D eigenvalue weighted by atomic mass is 19.1. The van der Waals surface area contributed by atoms with E-state index < -0.39 is 17.8 Å². The van der Waals surface area contributed by atoms with Gasteiger partial charge in [0.2, 0.25) is 5.91 Å². The van der Waals surface area contributed by atoms with Gasteiger partial charge in [-0.1, -0.05) is 58.1 Å². The highest BCUT2D eigenvalue weighted by Gasteiger charge is 2.25. The minimum absolute atomic E-state index is 0.0387. The summed E-state index contributed by atoms with van der Waals surface area (Å²) < 4.78 is 13.8. The number of rotatable bonds is 8. The first kappa shape index (κ1) is 20.4. The van der Waals surface area contributed by atoms with E-state index in [9.17, 15) is 14.0 Å². The Labute approximate surface area is 155 Å². The number of hydrogen-bond acceptors (Lipinski definition) is 2. The first-order valence-electron chi connectivity index (χ1n) is 9.82. The van der Waals surface area contributed by atoms with Crippen LogP contribution in [0.1, 0.15) is 69.2 Å². The van der Waals surface area contributed by atoms with Crippen molar-refractivity contribution >= 4 is 11.8 Å². The molecule has 2 rings (SSSR count). The molecule has 2 amide bonds. The van der Waals surface area contributed by atoms with Crippen molar-refractivity contribution in [2.45, 2.75) is 64.8 Å². The molecule has 1 aromatic carbocycles. The van der Waals surface area contributed by atoms with E-state index in [1.54, 1.807) is 6.07 Å². The van der Waals surface area contributed by atoms with Crippen molar-refractivity contribution in [1.82, 2.24) is 10.6 Å². The van der Waals surface area contributed by atoms with E-state index in [-0.39, 0.29) is 17.4 Å². The molecule has 0 saturated heterocycles. The van der Waals surface area contributed by atoms with Crippen LogP contribution in [0, 0.1) is 17.7 Å². The maximum absolute atomic E-state index is 13.8. The van der Waals surface area contributed by atoms with E-state index in [4.69, 9.17) is 0 Å². The first-order chi connectivity index (χ1) is 12.5. The van der Waals surface area contributed by atoms with Gasteiger partial charge in [0.05, 0.1) is 5.56 Å². The van der Waals surface area contributed by atoms with Crippen LogP contribution < -0.4 is 10.6 Å². The molecule has 1 aliphatic carbocycles. The zero-order valence-electron chi connectivity index (χ0n) is 15.9. The molecule has 0 bridgehead atoms. The van der Waals surface area contributed by atoms with Crippen LogP contribution in [-0.2, 0) is 4.79 Å². The van der Waals surface area contributed by atoms with Crippen molar-refractivity contribution in [2.75, 3.05) is 6.54 Å². The summed E-state index contributed by atoms with van der Waals surface area (Å²) in [6, 6.07) is 5.13. The Kier molecular flexibility index (Phi) is 8.07. The van der Waals surface area contributed by atoms with Crippen LogP contribution >= 0.6 is 0 Å². The molecule has 0 aliphatic heterocycles. The van der Waals surface area contributed by atoms with Crippen molar-refractivity contribution in [3.8, 4) is 0 Å². The number of hydrogen-bond donors (Lipinski definition) is 2. The zero-order valence-corrected chi connectivity index (χ0v) is 15.9. The highest BCUT2D eigenvalue weighted by molar-refractivity contribution is 5.97. The molecule has 0 spiro atoms. The second-order valence-electron chi connectivity index (χ2n) is 7.61. The molecule has 0 aromatic heterocycles. The van der Waals surface area contributed by atoms with Crippen molar-refractivity contribution < 1.29 is 14.0 Å². The van der Waals surface area contributed by atoms with E-state index in [0.717, 1.165) is 18.8 Å². The van der Waals surface area contributed by atoms with Crippen LogP contribution in [-0.4, -0.2) is 24.4 Å². The molecule has 4 nitrogen and oxygen atoms in total. The molecule has 0 radical (unpaired) electrons. The summed E-state index contributed by atoms with van der Waals surface area (Å²) in [7, 11) is 0.